The molecule has 0 aliphatic carbocycles. The maximum absolute atomic E-state index is 12.7. The molecule has 0 saturated carbocycles. The van der Waals surface area contributed by atoms with Crippen molar-refractivity contribution in [3.63, 3.8) is 0 Å². The summed E-state index contributed by atoms with van der Waals surface area (Å²) < 4.78 is 42.0. The number of likely N-dealkylation sites (tertiary alicyclic amines) is 1. The van der Waals surface area contributed by atoms with Gasteiger partial charge in [0.05, 0.1) is 18.1 Å². The number of carbonyl (C=O) groups is 2. The summed E-state index contributed by atoms with van der Waals surface area (Å²) >= 11 is 0. The van der Waals surface area contributed by atoms with Gasteiger partial charge in [-0.15, -0.1) is 13.2 Å². The van der Waals surface area contributed by atoms with Crippen molar-refractivity contribution < 1.29 is 32.6 Å². The van der Waals surface area contributed by atoms with Gasteiger partial charge in [-0.3, -0.25) is 9.59 Å². The number of benzene rings is 1. The SMILES string of the molecule is [C-]#[N+]c1ccc(CNC(=O)[C@@H]2CCCN(C(=O)[C@H](N)C(C)(C)O)C2)c(OC(F)(F)F)c1. The first-order valence-electron chi connectivity index (χ1n) is 9.62. The number of piperidine rings is 1. The second-order valence-electron chi connectivity index (χ2n) is 7.92. The third-order valence-corrected chi connectivity index (χ3v) is 4.99. The standard InChI is InChI=1S/C20H25F3N4O4/c1-19(2,30)16(24)18(29)27-8-4-5-13(11-27)17(28)26-10-12-6-7-14(25-3)9-15(12)31-20(21,22)23/h6-7,9,13,16,30H,4-5,8,10-11,24H2,1-2H3,(H,26,28)/t13-,16+/m1/s1. The Bertz CT molecular complexity index is 861. The largest absolute Gasteiger partial charge is 0.573 e. The lowest BCUT2D eigenvalue weighted by molar-refractivity contribution is -0.274. The van der Waals surface area contributed by atoms with Crippen molar-refractivity contribution in [2.24, 2.45) is 11.7 Å². The number of hydrogen-bond donors (Lipinski definition) is 3. The summed E-state index contributed by atoms with van der Waals surface area (Å²) in [7, 11) is 0. The average molecular weight is 442 g/mol. The van der Waals surface area contributed by atoms with Crippen molar-refractivity contribution in [1.29, 1.82) is 0 Å². The Balaban J connectivity index is 2.04. The molecular formula is C20H25F3N4O4. The third-order valence-electron chi connectivity index (χ3n) is 4.99. The number of carbonyl (C=O) groups excluding carboxylic acids is 2. The van der Waals surface area contributed by atoms with E-state index in [0.717, 1.165) is 6.07 Å². The smallest absolute Gasteiger partial charge is 0.407 e. The number of aliphatic hydroxyl groups is 1. The number of halogens is 3. The molecule has 1 heterocycles. The second kappa shape index (κ2) is 9.53. The van der Waals surface area contributed by atoms with Crippen LogP contribution in [-0.2, 0) is 16.1 Å². The maximum Gasteiger partial charge on any atom is 0.573 e. The predicted molar refractivity (Wildman–Crippen MR) is 105 cm³/mol. The molecule has 0 spiro atoms. The van der Waals surface area contributed by atoms with Gasteiger partial charge in [0.1, 0.15) is 11.8 Å². The summed E-state index contributed by atoms with van der Waals surface area (Å²) in [5.41, 5.74) is 4.42. The Labute approximate surface area is 178 Å². The summed E-state index contributed by atoms with van der Waals surface area (Å²) in [6.07, 6.45) is -3.90. The lowest BCUT2D eigenvalue weighted by atomic mass is 9.93. The first kappa shape index (κ1) is 24.4. The van der Waals surface area contributed by atoms with Crippen LogP contribution in [0.25, 0.3) is 4.85 Å². The molecule has 1 fully saturated rings. The van der Waals surface area contributed by atoms with E-state index in [1.54, 1.807) is 0 Å². The molecule has 2 atom stereocenters. The molecule has 1 aromatic carbocycles. The minimum Gasteiger partial charge on any atom is -0.407 e. The monoisotopic (exact) mass is 442 g/mol. The van der Waals surface area contributed by atoms with Crippen LogP contribution in [0.1, 0.15) is 32.3 Å². The van der Waals surface area contributed by atoms with Gasteiger partial charge in [-0.25, -0.2) is 4.85 Å². The minimum atomic E-state index is -4.94. The quantitative estimate of drug-likeness (QED) is 0.585. The molecule has 0 aromatic heterocycles. The van der Waals surface area contributed by atoms with Crippen molar-refractivity contribution in [1.82, 2.24) is 10.2 Å². The van der Waals surface area contributed by atoms with E-state index in [0.29, 0.717) is 19.4 Å². The summed E-state index contributed by atoms with van der Waals surface area (Å²) in [6.45, 7) is 10.0. The molecule has 170 valence electrons. The van der Waals surface area contributed by atoms with E-state index >= 15 is 0 Å². The van der Waals surface area contributed by atoms with Crippen LogP contribution in [0.2, 0.25) is 0 Å². The van der Waals surface area contributed by atoms with Crippen molar-refractivity contribution in [3.8, 4) is 5.75 Å². The molecule has 0 unspecified atom stereocenters. The van der Waals surface area contributed by atoms with Gasteiger partial charge in [-0.2, -0.15) is 0 Å². The highest BCUT2D eigenvalue weighted by molar-refractivity contribution is 5.85. The first-order valence-corrected chi connectivity index (χ1v) is 9.62. The highest BCUT2D eigenvalue weighted by atomic mass is 19.4. The summed E-state index contributed by atoms with van der Waals surface area (Å²) in [6, 6.07) is 2.43. The molecule has 31 heavy (non-hydrogen) atoms. The van der Waals surface area contributed by atoms with Gasteiger partial charge in [-0.1, -0.05) is 12.1 Å². The zero-order valence-electron chi connectivity index (χ0n) is 17.2. The number of hydrogen-bond acceptors (Lipinski definition) is 5. The topological polar surface area (TPSA) is 109 Å². The van der Waals surface area contributed by atoms with Crippen molar-refractivity contribution in [2.45, 2.75) is 51.2 Å². The van der Waals surface area contributed by atoms with Gasteiger partial charge in [0.15, 0.2) is 5.69 Å². The van der Waals surface area contributed by atoms with Gasteiger partial charge in [0, 0.05) is 25.2 Å². The van der Waals surface area contributed by atoms with Crippen LogP contribution in [0.15, 0.2) is 18.2 Å². The van der Waals surface area contributed by atoms with Crippen LogP contribution in [0, 0.1) is 12.5 Å². The highest BCUT2D eigenvalue weighted by Gasteiger charge is 2.36. The van der Waals surface area contributed by atoms with Crippen LogP contribution >= 0.6 is 0 Å². The van der Waals surface area contributed by atoms with Gasteiger partial charge in [-0.05, 0) is 32.8 Å². The van der Waals surface area contributed by atoms with Gasteiger partial charge in [0.2, 0.25) is 11.8 Å². The number of nitrogens with two attached hydrogens (primary N) is 1. The average Bonchev–Trinajstić information content (AvgIpc) is 2.69. The van der Waals surface area contributed by atoms with E-state index in [2.05, 4.69) is 14.9 Å². The number of nitrogens with one attached hydrogen (secondary N) is 1. The molecule has 2 amide bonds. The van der Waals surface area contributed by atoms with Gasteiger partial charge in [0.25, 0.3) is 0 Å². The van der Waals surface area contributed by atoms with E-state index in [1.807, 2.05) is 0 Å². The molecule has 11 heteroatoms. The molecule has 1 aliphatic heterocycles. The van der Waals surface area contributed by atoms with Crippen LogP contribution in [-0.4, -0.2) is 52.9 Å². The fourth-order valence-corrected chi connectivity index (χ4v) is 3.20. The van der Waals surface area contributed by atoms with Crippen LogP contribution in [0.4, 0.5) is 18.9 Å². The zero-order valence-corrected chi connectivity index (χ0v) is 17.2. The van der Waals surface area contributed by atoms with Crippen LogP contribution in [0.5, 0.6) is 5.75 Å². The van der Waals surface area contributed by atoms with E-state index in [9.17, 15) is 27.9 Å². The van der Waals surface area contributed by atoms with Crippen molar-refractivity contribution in [2.75, 3.05) is 13.1 Å². The molecule has 4 N–H and O–H groups in total. The second-order valence-corrected chi connectivity index (χ2v) is 7.92. The van der Waals surface area contributed by atoms with E-state index in [-0.39, 0.29) is 24.3 Å². The molecule has 0 bridgehead atoms. The third kappa shape index (κ3) is 6.83. The van der Waals surface area contributed by atoms with Crippen LogP contribution in [0.3, 0.4) is 0 Å². The fraction of sp³-hybridized carbons (Fsp3) is 0.550. The van der Waals surface area contributed by atoms with E-state index < -0.39 is 41.5 Å². The molecule has 1 aromatic rings. The zero-order chi connectivity index (χ0) is 23.4. The number of nitrogens with zero attached hydrogens (tertiary/aromatic N) is 2. The normalized spacial score (nSPS) is 18.1. The molecule has 0 radical (unpaired) electrons. The molecule has 2 rings (SSSR count). The van der Waals surface area contributed by atoms with E-state index in [4.69, 9.17) is 12.3 Å². The Morgan fingerprint density at radius 1 is 1.42 bits per heavy atom. The van der Waals surface area contributed by atoms with Gasteiger partial charge < -0.3 is 25.8 Å². The summed E-state index contributed by atoms with van der Waals surface area (Å²) in [4.78, 5) is 29.6. The predicted octanol–water partition coefficient (Wildman–Crippen LogP) is 2.09. The first-order chi connectivity index (χ1) is 14.3. The number of alkyl halides is 3. The molecule has 8 nitrogen and oxygen atoms in total. The Morgan fingerprint density at radius 3 is 2.68 bits per heavy atom. The fourth-order valence-electron chi connectivity index (χ4n) is 3.20. The number of ether oxygens (including phenoxy) is 1. The Hall–Kier alpha value is -2.84. The van der Waals surface area contributed by atoms with Gasteiger partial charge >= 0.3 is 6.36 Å². The summed E-state index contributed by atoms with van der Waals surface area (Å²) in [5, 5.41) is 12.5. The lowest BCUT2D eigenvalue weighted by Crippen LogP contribution is -2.57. The Kier molecular flexibility index (Phi) is 7.51. The lowest BCUT2D eigenvalue weighted by Gasteiger charge is -2.36. The number of amides is 2. The molecular weight excluding hydrogens is 417 g/mol. The number of rotatable bonds is 6. The Morgan fingerprint density at radius 2 is 2.10 bits per heavy atom. The van der Waals surface area contributed by atoms with Crippen LogP contribution < -0.4 is 15.8 Å². The van der Waals surface area contributed by atoms with E-state index in [1.165, 1.54) is 30.9 Å². The minimum absolute atomic E-state index is 0.0288. The molecule has 1 aliphatic rings. The highest BCUT2D eigenvalue weighted by Crippen LogP contribution is 2.30. The van der Waals surface area contributed by atoms with Crippen molar-refractivity contribution in [3.05, 3.63) is 35.2 Å². The maximum atomic E-state index is 12.7. The molecule has 1 saturated heterocycles. The summed E-state index contributed by atoms with van der Waals surface area (Å²) in [5.74, 6) is -2.03. The van der Waals surface area contributed by atoms with Crippen molar-refractivity contribution >= 4 is 17.5 Å².